The summed E-state index contributed by atoms with van der Waals surface area (Å²) in [7, 11) is 2.16. The van der Waals surface area contributed by atoms with Crippen molar-refractivity contribution in [3.8, 4) is 5.75 Å². The fourth-order valence-electron chi connectivity index (χ4n) is 4.24. The van der Waals surface area contributed by atoms with Crippen molar-refractivity contribution in [1.29, 1.82) is 0 Å². The fourth-order valence-corrected chi connectivity index (χ4v) is 4.24. The molecule has 4 rings (SSSR count). The summed E-state index contributed by atoms with van der Waals surface area (Å²) in [6.45, 7) is 9.01. The van der Waals surface area contributed by atoms with E-state index in [4.69, 9.17) is 4.74 Å². The van der Waals surface area contributed by atoms with Crippen LogP contribution in [0.5, 0.6) is 5.75 Å². The summed E-state index contributed by atoms with van der Waals surface area (Å²) in [5.41, 5.74) is 6.43. The highest BCUT2D eigenvalue weighted by molar-refractivity contribution is 6.09. The lowest BCUT2D eigenvalue weighted by Gasteiger charge is -2.47. The van der Waals surface area contributed by atoms with Crippen LogP contribution in [0.1, 0.15) is 25.0 Å². The maximum Gasteiger partial charge on any atom is 0.262 e. The molecule has 6 nitrogen and oxygen atoms in total. The number of ether oxygens (including phenoxy) is 1. The second-order valence-electron chi connectivity index (χ2n) is 7.74. The Hall–Kier alpha value is -2.08. The predicted molar refractivity (Wildman–Crippen MR) is 93.5 cm³/mol. The van der Waals surface area contributed by atoms with E-state index in [9.17, 15) is 4.79 Å². The summed E-state index contributed by atoms with van der Waals surface area (Å²) in [6.07, 6.45) is 1.04. The van der Waals surface area contributed by atoms with Gasteiger partial charge < -0.3 is 14.5 Å². The van der Waals surface area contributed by atoms with Gasteiger partial charge in [-0.1, -0.05) is 6.92 Å². The molecule has 0 aromatic heterocycles. The summed E-state index contributed by atoms with van der Waals surface area (Å²) in [6, 6.07) is 4.02. The van der Waals surface area contributed by atoms with Gasteiger partial charge >= 0.3 is 0 Å². The number of hydrogen-bond acceptors (Lipinski definition) is 5. The maximum atomic E-state index is 12.0. The molecule has 3 heterocycles. The van der Waals surface area contributed by atoms with E-state index in [0.29, 0.717) is 12.0 Å². The molecule has 128 valence electrons. The van der Waals surface area contributed by atoms with Crippen LogP contribution in [0.15, 0.2) is 17.2 Å². The number of rotatable bonds is 2. The number of nitrogens with zero attached hydrogens (tertiary/aromatic N) is 3. The van der Waals surface area contributed by atoms with Crippen LogP contribution in [0.2, 0.25) is 0 Å². The van der Waals surface area contributed by atoms with Crippen molar-refractivity contribution < 1.29 is 9.53 Å². The Morgan fingerprint density at radius 1 is 1.42 bits per heavy atom. The Balaban J connectivity index is 1.71. The zero-order chi connectivity index (χ0) is 17.1. The topological polar surface area (TPSA) is 57.2 Å². The molecule has 1 saturated heterocycles. The van der Waals surface area contributed by atoms with Gasteiger partial charge in [0.25, 0.3) is 5.91 Å². The second-order valence-corrected chi connectivity index (χ2v) is 7.74. The lowest BCUT2D eigenvalue weighted by molar-refractivity contribution is -0.122. The van der Waals surface area contributed by atoms with E-state index >= 15 is 0 Å². The third kappa shape index (κ3) is 2.36. The molecule has 1 fully saturated rings. The minimum absolute atomic E-state index is 0.0821. The van der Waals surface area contributed by atoms with E-state index in [1.165, 1.54) is 11.1 Å². The zero-order valence-corrected chi connectivity index (χ0v) is 14.7. The van der Waals surface area contributed by atoms with Crippen LogP contribution in [0.25, 0.3) is 0 Å². The monoisotopic (exact) mass is 328 g/mol. The standard InChI is InChI=1S/C18H24N4O2/c1-11-5-15-14(6-13(11)7-18(3)9-21(4)10-18)22-12(2)17(23)20-19-16(22)8-24-15/h5-6,12H,7-10H2,1-4H3,(H,20,23). The molecule has 1 aromatic carbocycles. The number of benzene rings is 1. The van der Waals surface area contributed by atoms with Crippen molar-refractivity contribution in [2.75, 3.05) is 31.6 Å². The Morgan fingerprint density at radius 3 is 2.88 bits per heavy atom. The first-order valence-electron chi connectivity index (χ1n) is 8.47. The molecular formula is C18H24N4O2. The number of carbonyl (C=O) groups excluding carboxylic acids is 1. The van der Waals surface area contributed by atoms with E-state index in [0.717, 1.165) is 36.8 Å². The lowest BCUT2D eigenvalue weighted by atomic mass is 9.76. The number of anilines is 1. The van der Waals surface area contributed by atoms with Crippen LogP contribution in [-0.4, -0.2) is 49.4 Å². The molecule has 3 aliphatic heterocycles. The van der Waals surface area contributed by atoms with Gasteiger partial charge in [0.1, 0.15) is 18.4 Å². The molecule has 1 amide bonds. The van der Waals surface area contributed by atoms with E-state index < -0.39 is 0 Å². The van der Waals surface area contributed by atoms with Crippen molar-refractivity contribution >= 4 is 17.4 Å². The Labute approximate surface area is 142 Å². The summed E-state index contributed by atoms with van der Waals surface area (Å²) in [5.74, 6) is 1.52. The van der Waals surface area contributed by atoms with Crippen LogP contribution >= 0.6 is 0 Å². The molecule has 6 heteroatoms. The number of nitrogens with one attached hydrogen (secondary N) is 1. The van der Waals surface area contributed by atoms with Gasteiger partial charge in [-0.15, -0.1) is 0 Å². The summed E-state index contributed by atoms with van der Waals surface area (Å²) in [5, 5.41) is 4.16. The van der Waals surface area contributed by atoms with Gasteiger partial charge in [0.2, 0.25) is 0 Å². The highest BCUT2D eigenvalue weighted by Gasteiger charge is 2.38. The van der Waals surface area contributed by atoms with E-state index in [1.54, 1.807) is 0 Å². The van der Waals surface area contributed by atoms with Gasteiger partial charge in [-0.2, -0.15) is 5.10 Å². The molecule has 1 N–H and O–H groups in total. The third-order valence-electron chi connectivity index (χ3n) is 5.29. The smallest absolute Gasteiger partial charge is 0.262 e. The van der Waals surface area contributed by atoms with Crippen LogP contribution in [0.3, 0.4) is 0 Å². The number of amidine groups is 1. The molecule has 0 spiro atoms. The van der Waals surface area contributed by atoms with Crippen molar-refractivity contribution in [2.45, 2.75) is 33.2 Å². The number of likely N-dealkylation sites (tertiary alicyclic amines) is 1. The molecule has 0 radical (unpaired) electrons. The number of hydrazone groups is 1. The molecule has 24 heavy (non-hydrogen) atoms. The summed E-state index contributed by atoms with van der Waals surface area (Å²) >= 11 is 0. The van der Waals surface area contributed by atoms with Gasteiger partial charge in [-0.3, -0.25) is 4.79 Å². The first-order valence-corrected chi connectivity index (χ1v) is 8.47. The average molecular weight is 328 g/mol. The lowest BCUT2D eigenvalue weighted by Crippen LogP contribution is -2.55. The number of carbonyl (C=O) groups is 1. The molecule has 3 aliphatic rings. The second kappa shape index (κ2) is 5.21. The molecule has 1 atom stereocenters. The van der Waals surface area contributed by atoms with Crippen LogP contribution < -0.4 is 15.1 Å². The van der Waals surface area contributed by atoms with Crippen molar-refractivity contribution in [2.24, 2.45) is 10.5 Å². The first-order chi connectivity index (χ1) is 11.4. The number of fused-ring (bicyclic) bond motifs is 3. The quantitative estimate of drug-likeness (QED) is 0.894. The van der Waals surface area contributed by atoms with Gasteiger partial charge in [0.05, 0.1) is 5.69 Å². The molecular weight excluding hydrogens is 304 g/mol. The molecule has 0 saturated carbocycles. The van der Waals surface area contributed by atoms with Crippen molar-refractivity contribution in [3.05, 3.63) is 23.3 Å². The van der Waals surface area contributed by atoms with E-state index in [-0.39, 0.29) is 11.9 Å². The summed E-state index contributed by atoms with van der Waals surface area (Å²) < 4.78 is 5.87. The molecule has 0 aliphatic carbocycles. The van der Waals surface area contributed by atoms with Crippen molar-refractivity contribution in [1.82, 2.24) is 10.3 Å². The number of aryl methyl sites for hydroxylation is 1. The summed E-state index contributed by atoms with van der Waals surface area (Å²) in [4.78, 5) is 16.4. The Bertz CT molecular complexity index is 737. The third-order valence-corrected chi connectivity index (χ3v) is 5.29. The van der Waals surface area contributed by atoms with Gasteiger partial charge in [-0.05, 0) is 56.0 Å². The van der Waals surface area contributed by atoms with Crippen LogP contribution in [0, 0.1) is 12.3 Å². The Morgan fingerprint density at radius 2 is 2.17 bits per heavy atom. The number of amides is 1. The fraction of sp³-hybridized carbons (Fsp3) is 0.556. The van der Waals surface area contributed by atoms with Crippen LogP contribution in [-0.2, 0) is 11.2 Å². The minimum Gasteiger partial charge on any atom is -0.483 e. The number of hydrogen-bond donors (Lipinski definition) is 1. The van der Waals surface area contributed by atoms with Gasteiger partial charge in [0, 0.05) is 13.1 Å². The molecule has 0 bridgehead atoms. The van der Waals surface area contributed by atoms with E-state index in [2.05, 4.69) is 48.5 Å². The SMILES string of the molecule is Cc1cc2c(cc1CC1(C)CN(C)C1)N1C(=NNC(=O)C1C)CO2. The normalized spacial score (nSPS) is 25.0. The average Bonchev–Trinajstić information content (AvgIpc) is 2.50. The predicted octanol–water partition coefficient (Wildman–Crippen LogP) is 1.52. The largest absolute Gasteiger partial charge is 0.483 e. The molecule has 1 unspecified atom stereocenters. The van der Waals surface area contributed by atoms with Crippen LogP contribution in [0.4, 0.5) is 5.69 Å². The highest BCUT2D eigenvalue weighted by atomic mass is 16.5. The van der Waals surface area contributed by atoms with Gasteiger partial charge in [0.15, 0.2) is 5.84 Å². The van der Waals surface area contributed by atoms with Crippen molar-refractivity contribution in [3.63, 3.8) is 0 Å². The zero-order valence-electron chi connectivity index (χ0n) is 14.7. The first kappa shape index (κ1) is 15.4. The van der Waals surface area contributed by atoms with E-state index in [1.807, 2.05) is 11.8 Å². The van der Waals surface area contributed by atoms with Gasteiger partial charge in [-0.25, -0.2) is 5.43 Å². The minimum atomic E-state index is -0.277. The maximum absolute atomic E-state index is 12.0. The Kier molecular flexibility index (Phi) is 3.35. The molecule has 1 aromatic rings. The highest BCUT2D eigenvalue weighted by Crippen LogP contribution is 2.40.